The number of primary amides is 1. The summed E-state index contributed by atoms with van der Waals surface area (Å²) in [6.07, 6.45) is 2.37. The highest BCUT2D eigenvalue weighted by molar-refractivity contribution is 5.73. The van der Waals surface area contributed by atoms with Crippen molar-refractivity contribution in [1.29, 1.82) is 0 Å². The third kappa shape index (κ3) is 3.58. The van der Waals surface area contributed by atoms with Crippen LogP contribution in [0.3, 0.4) is 0 Å². The van der Waals surface area contributed by atoms with E-state index < -0.39 is 11.6 Å². The smallest absolute Gasteiger partial charge is 0.339 e. The molecular formula is C24H21N3O2. The molecule has 5 nitrogen and oxygen atoms in total. The first-order chi connectivity index (χ1) is 14.1. The van der Waals surface area contributed by atoms with E-state index in [1.807, 2.05) is 73.7 Å². The van der Waals surface area contributed by atoms with Gasteiger partial charge in [-0.2, -0.15) is 5.06 Å². The first-order valence-electron chi connectivity index (χ1n) is 9.43. The molecule has 2 aromatic carbocycles. The van der Waals surface area contributed by atoms with Crippen LogP contribution in [0, 0.1) is 18.8 Å². The number of carbonyl (C=O) groups excluding carboxylic acids is 1. The number of hydrogen-bond acceptors (Lipinski definition) is 3. The van der Waals surface area contributed by atoms with E-state index in [0.717, 1.165) is 27.9 Å². The lowest BCUT2D eigenvalue weighted by Crippen LogP contribution is -2.47. The fraction of sp³-hybridized carbons (Fsp3) is 0.167. The average molecular weight is 383 g/mol. The lowest BCUT2D eigenvalue weighted by atomic mass is 9.80. The van der Waals surface area contributed by atoms with Crippen LogP contribution in [0.2, 0.25) is 0 Å². The molecule has 1 aromatic heterocycles. The number of hydrogen-bond donors (Lipinski definition) is 1. The van der Waals surface area contributed by atoms with Gasteiger partial charge in [-0.25, -0.2) is 4.79 Å². The topological polar surface area (TPSA) is 68.5 Å². The number of carbonyl (C=O) groups is 1. The fourth-order valence-electron chi connectivity index (χ4n) is 3.69. The third-order valence-electron chi connectivity index (χ3n) is 5.09. The fourth-order valence-corrected chi connectivity index (χ4v) is 3.69. The van der Waals surface area contributed by atoms with Crippen LogP contribution in [0.1, 0.15) is 34.4 Å². The van der Waals surface area contributed by atoms with Crippen LogP contribution in [0.15, 0.2) is 72.9 Å². The van der Waals surface area contributed by atoms with Crippen molar-refractivity contribution < 1.29 is 9.63 Å². The van der Waals surface area contributed by atoms with E-state index in [-0.39, 0.29) is 0 Å². The van der Waals surface area contributed by atoms with E-state index in [4.69, 9.17) is 10.6 Å². The number of nitrogens with zero attached hydrogens (tertiary/aromatic N) is 2. The van der Waals surface area contributed by atoms with Crippen LogP contribution in [0.5, 0.6) is 0 Å². The van der Waals surface area contributed by atoms with Crippen molar-refractivity contribution in [2.45, 2.75) is 18.9 Å². The Morgan fingerprint density at radius 2 is 1.79 bits per heavy atom. The molecule has 1 unspecified atom stereocenters. The highest BCUT2D eigenvalue weighted by Gasteiger charge is 2.47. The molecule has 5 heteroatoms. The molecule has 0 spiro atoms. The molecule has 1 aliphatic heterocycles. The molecule has 1 fully saturated rings. The third-order valence-corrected chi connectivity index (χ3v) is 5.09. The van der Waals surface area contributed by atoms with Crippen molar-refractivity contribution in [2.24, 2.45) is 5.73 Å². The van der Waals surface area contributed by atoms with Crippen LogP contribution in [-0.4, -0.2) is 22.7 Å². The zero-order valence-corrected chi connectivity index (χ0v) is 16.1. The number of benzene rings is 2. The molecule has 2 heterocycles. The Morgan fingerprint density at radius 3 is 2.52 bits per heavy atom. The van der Waals surface area contributed by atoms with Crippen LogP contribution in [0.25, 0.3) is 0 Å². The maximum Gasteiger partial charge on any atom is 0.339 e. The molecule has 1 aliphatic rings. The Bertz CT molecular complexity index is 1080. The minimum atomic E-state index is -0.782. The summed E-state index contributed by atoms with van der Waals surface area (Å²) in [5.41, 5.74) is 9.38. The molecule has 0 saturated carbocycles. The highest BCUT2D eigenvalue weighted by Crippen LogP contribution is 2.43. The van der Waals surface area contributed by atoms with Crippen LogP contribution in [-0.2, 0) is 10.4 Å². The first kappa shape index (κ1) is 18.7. The maximum atomic E-state index is 12.2. The predicted molar refractivity (Wildman–Crippen MR) is 111 cm³/mol. The maximum absolute atomic E-state index is 12.2. The highest BCUT2D eigenvalue weighted by atomic mass is 16.7. The SMILES string of the molecule is Cc1ccc(C#Cc2cccc(C3(c4ccccc4)CCON3C(N)=O)c2)cn1. The summed E-state index contributed by atoms with van der Waals surface area (Å²) >= 11 is 0. The molecule has 2 amide bonds. The summed E-state index contributed by atoms with van der Waals surface area (Å²) in [6, 6.07) is 20.9. The van der Waals surface area contributed by atoms with Crippen molar-refractivity contribution in [2.75, 3.05) is 6.61 Å². The second-order valence-electron chi connectivity index (χ2n) is 6.96. The molecule has 2 N–H and O–H groups in total. The van der Waals surface area contributed by atoms with Crippen LogP contribution < -0.4 is 5.73 Å². The van der Waals surface area contributed by atoms with Crippen LogP contribution in [0.4, 0.5) is 4.79 Å². The van der Waals surface area contributed by atoms with Gasteiger partial charge in [0.15, 0.2) is 0 Å². The summed E-state index contributed by atoms with van der Waals surface area (Å²) in [4.78, 5) is 22.1. The van der Waals surface area contributed by atoms with Crippen molar-refractivity contribution in [1.82, 2.24) is 10.0 Å². The van der Waals surface area contributed by atoms with Crippen molar-refractivity contribution >= 4 is 6.03 Å². The van der Waals surface area contributed by atoms with Gasteiger partial charge in [-0.3, -0.25) is 9.82 Å². The number of amides is 2. The van der Waals surface area contributed by atoms with E-state index >= 15 is 0 Å². The van der Waals surface area contributed by atoms with Crippen LogP contribution >= 0.6 is 0 Å². The average Bonchev–Trinajstić information content (AvgIpc) is 3.21. The van der Waals surface area contributed by atoms with Crippen molar-refractivity contribution in [3.8, 4) is 11.8 Å². The zero-order chi connectivity index (χ0) is 20.3. The number of nitrogens with two attached hydrogens (primary N) is 1. The van der Waals surface area contributed by atoms with Gasteiger partial charge < -0.3 is 5.73 Å². The number of aryl methyl sites for hydroxylation is 1. The number of rotatable bonds is 2. The Balaban J connectivity index is 1.78. The summed E-state index contributed by atoms with van der Waals surface area (Å²) in [5, 5.41) is 1.29. The molecule has 29 heavy (non-hydrogen) atoms. The Kier molecular flexibility index (Phi) is 5.03. The summed E-state index contributed by atoms with van der Waals surface area (Å²) in [5.74, 6) is 6.33. The number of hydroxylamine groups is 2. The quantitative estimate of drug-likeness (QED) is 0.685. The van der Waals surface area contributed by atoms with E-state index in [1.54, 1.807) is 6.20 Å². The van der Waals surface area contributed by atoms with Gasteiger partial charge in [0.25, 0.3) is 0 Å². The summed E-state index contributed by atoms with van der Waals surface area (Å²) in [7, 11) is 0. The molecule has 0 aliphatic carbocycles. The lowest BCUT2D eigenvalue weighted by molar-refractivity contribution is -0.107. The number of pyridine rings is 1. The second-order valence-corrected chi connectivity index (χ2v) is 6.96. The van der Waals surface area contributed by atoms with Gasteiger partial charge in [0.05, 0.1) is 6.61 Å². The van der Waals surface area contributed by atoms with Gasteiger partial charge in [0.2, 0.25) is 0 Å². The summed E-state index contributed by atoms with van der Waals surface area (Å²) < 4.78 is 0. The lowest BCUT2D eigenvalue weighted by Gasteiger charge is -2.36. The number of urea groups is 1. The summed E-state index contributed by atoms with van der Waals surface area (Å²) in [6.45, 7) is 2.35. The Morgan fingerprint density at radius 1 is 1.03 bits per heavy atom. The number of aromatic nitrogens is 1. The first-order valence-corrected chi connectivity index (χ1v) is 9.43. The van der Waals surface area contributed by atoms with Gasteiger partial charge in [0.1, 0.15) is 5.54 Å². The molecule has 3 aromatic rings. The van der Waals surface area contributed by atoms with Gasteiger partial charge in [0, 0.05) is 29.4 Å². The Labute approximate surface area is 170 Å². The molecule has 4 rings (SSSR count). The monoisotopic (exact) mass is 383 g/mol. The van der Waals surface area contributed by atoms with Crippen molar-refractivity contribution in [3.05, 3.63) is 101 Å². The molecule has 0 radical (unpaired) electrons. The Hall–Kier alpha value is -3.62. The molecular weight excluding hydrogens is 362 g/mol. The molecule has 1 atom stereocenters. The molecule has 0 bridgehead atoms. The van der Waals surface area contributed by atoms with E-state index in [0.29, 0.717) is 13.0 Å². The van der Waals surface area contributed by atoms with E-state index in [2.05, 4.69) is 16.8 Å². The van der Waals surface area contributed by atoms with Gasteiger partial charge in [-0.1, -0.05) is 54.3 Å². The van der Waals surface area contributed by atoms with Gasteiger partial charge in [-0.05, 0) is 42.3 Å². The minimum absolute atomic E-state index is 0.406. The van der Waals surface area contributed by atoms with E-state index in [1.165, 1.54) is 5.06 Å². The second kappa shape index (κ2) is 7.78. The largest absolute Gasteiger partial charge is 0.350 e. The molecule has 144 valence electrons. The molecule has 1 saturated heterocycles. The normalized spacial score (nSPS) is 18.2. The standard InChI is InChI=1S/C24H21N3O2/c1-18-10-11-20(17-26-18)13-12-19-6-5-9-22(16-19)24(21-7-3-2-4-8-21)14-15-29-27(24)23(25)28/h2-11,16-17H,14-15H2,1H3,(H2,25,28). The van der Waals surface area contributed by atoms with Gasteiger partial charge in [-0.15, -0.1) is 0 Å². The van der Waals surface area contributed by atoms with E-state index in [9.17, 15) is 4.79 Å². The predicted octanol–water partition coefficient (Wildman–Crippen LogP) is 3.75. The zero-order valence-electron chi connectivity index (χ0n) is 16.1. The minimum Gasteiger partial charge on any atom is -0.350 e. The van der Waals surface area contributed by atoms with Gasteiger partial charge >= 0.3 is 6.03 Å². The van der Waals surface area contributed by atoms with Crippen molar-refractivity contribution in [3.63, 3.8) is 0 Å².